The van der Waals surface area contributed by atoms with E-state index in [-0.39, 0.29) is 11.8 Å². The van der Waals surface area contributed by atoms with Crippen LogP contribution in [0, 0.1) is 11.3 Å². The summed E-state index contributed by atoms with van der Waals surface area (Å²) in [5.74, 6) is 1.37. The third kappa shape index (κ3) is 4.12. The Morgan fingerprint density at radius 2 is 2.04 bits per heavy atom. The van der Waals surface area contributed by atoms with E-state index in [0.29, 0.717) is 5.41 Å². The van der Waals surface area contributed by atoms with Crippen LogP contribution in [0.25, 0.3) is 0 Å². The molecule has 1 heterocycles. The van der Waals surface area contributed by atoms with Crippen molar-refractivity contribution in [2.45, 2.75) is 57.9 Å². The van der Waals surface area contributed by atoms with Crippen LogP contribution in [0.15, 0.2) is 29.3 Å². The number of carbonyl (C=O) groups is 1. The second-order valence-corrected chi connectivity index (χ2v) is 8.60. The fraction of sp³-hybridized carbons (Fsp3) is 0.636. The van der Waals surface area contributed by atoms with Gasteiger partial charge in [-0.1, -0.05) is 31.4 Å². The van der Waals surface area contributed by atoms with Gasteiger partial charge in [0.15, 0.2) is 5.96 Å². The van der Waals surface area contributed by atoms with Gasteiger partial charge in [-0.3, -0.25) is 9.79 Å². The fourth-order valence-electron chi connectivity index (χ4n) is 4.91. The van der Waals surface area contributed by atoms with Crippen molar-refractivity contribution in [2.75, 3.05) is 25.5 Å². The number of nitrogens with zero attached hydrogens (tertiary/aromatic N) is 2. The van der Waals surface area contributed by atoms with Crippen molar-refractivity contribution >= 4 is 17.6 Å². The topological polar surface area (TPSA) is 56.7 Å². The molecule has 2 N–H and O–H groups in total. The molecule has 5 heteroatoms. The molecule has 1 spiro atoms. The number of hydrogen-bond acceptors (Lipinski definition) is 2. The Hall–Kier alpha value is -2.04. The molecule has 1 saturated heterocycles. The van der Waals surface area contributed by atoms with Gasteiger partial charge in [0, 0.05) is 38.3 Å². The molecule has 0 unspecified atom stereocenters. The van der Waals surface area contributed by atoms with Gasteiger partial charge in [0.25, 0.3) is 0 Å². The van der Waals surface area contributed by atoms with Crippen molar-refractivity contribution < 1.29 is 4.79 Å². The van der Waals surface area contributed by atoms with Crippen LogP contribution in [0.2, 0.25) is 0 Å². The van der Waals surface area contributed by atoms with Crippen molar-refractivity contribution in [3.63, 3.8) is 0 Å². The second kappa shape index (κ2) is 7.91. The van der Waals surface area contributed by atoms with E-state index in [1.165, 1.54) is 38.5 Å². The Balaban J connectivity index is 1.31. The molecule has 3 fully saturated rings. The van der Waals surface area contributed by atoms with Gasteiger partial charge in [0.05, 0.1) is 0 Å². The zero-order chi connectivity index (χ0) is 18.7. The Morgan fingerprint density at radius 1 is 1.22 bits per heavy atom. The molecule has 1 aromatic rings. The minimum Gasteiger partial charge on any atom is -0.352 e. The molecule has 3 aliphatic rings. The first-order valence-electron chi connectivity index (χ1n) is 10.5. The molecular weight excluding hydrogens is 336 g/mol. The van der Waals surface area contributed by atoms with Crippen molar-refractivity contribution in [3.8, 4) is 0 Å². The van der Waals surface area contributed by atoms with Crippen molar-refractivity contribution in [1.82, 2.24) is 10.2 Å². The van der Waals surface area contributed by atoms with Crippen LogP contribution in [-0.2, 0) is 11.3 Å². The second-order valence-electron chi connectivity index (χ2n) is 8.60. The molecule has 1 amide bonds. The zero-order valence-corrected chi connectivity index (χ0v) is 16.5. The van der Waals surface area contributed by atoms with Crippen LogP contribution in [0.4, 0.5) is 5.69 Å². The minimum absolute atomic E-state index is 0.177. The highest BCUT2D eigenvalue weighted by Gasteiger charge is 2.43. The molecule has 2 aliphatic carbocycles. The first-order valence-corrected chi connectivity index (χ1v) is 10.5. The van der Waals surface area contributed by atoms with Gasteiger partial charge >= 0.3 is 0 Å². The molecule has 4 rings (SSSR count). The largest absolute Gasteiger partial charge is 0.352 e. The van der Waals surface area contributed by atoms with E-state index >= 15 is 0 Å². The van der Waals surface area contributed by atoms with Crippen LogP contribution in [0.3, 0.4) is 0 Å². The van der Waals surface area contributed by atoms with Gasteiger partial charge in [-0.15, -0.1) is 0 Å². The van der Waals surface area contributed by atoms with E-state index in [1.807, 2.05) is 19.2 Å². The normalized spacial score (nSPS) is 22.1. The number of aliphatic imine (C=N–C) groups is 1. The molecule has 0 bridgehead atoms. The standard InChI is InChI=1S/C22H32N4O/c1-23-21(26-13-12-22(16-26)10-5-11-22)24-15-17-6-4-9-19(14-17)25-20(27)18-7-2-3-8-18/h4,6,9,14,18H,2-3,5,7-8,10-13,15-16H2,1H3,(H,23,24)(H,25,27). The summed E-state index contributed by atoms with van der Waals surface area (Å²) in [6.07, 6.45) is 9.86. The molecule has 1 aliphatic heterocycles. The summed E-state index contributed by atoms with van der Waals surface area (Å²) < 4.78 is 0. The van der Waals surface area contributed by atoms with Gasteiger partial charge < -0.3 is 15.5 Å². The lowest BCUT2D eigenvalue weighted by Crippen LogP contribution is -2.42. The lowest BCUT2D eigenvalue weighted by molar-refractivity contribution is -0.119. The van der Waals surface area contributed by atoms with E-state index in [1.54, 1.807) is 0 Å². The highest BCUT2D eigenvalue weighted by molar-refractivity contribution is 5.92. The third-order valence-electron chi connectivity index (χ3n) is 6.73. The Morgan fingerprint density at radius 3 is 2.70 bits per heavy atom. The highest BCUT2D eigenvalue weighted by Crippen LogP contribution is 2.47. The molecule has 0 atom stereocenters. The number of benzene rings is 1. The summed E-state index contributed by atoms with van der Waals surface area (Å²) in [4.78, 5) is 19.3. The van der Waals surface area contributed by atoms with Crippen LogP contribution >= 0.6 is 0 Å². The van der Waals surface area contributed by atoms with Gasteiger partial charge in [-0.2, -0.15) is 0 Å². The smallest absolute Gasteiger partial charge is 0.227 e. The average molecular weight is 369 g/mol. The number of anilines is 1. The highest BCUT2D eigenvalue weighted by atomic mass is 16.1. The van der Waals surface area contributed by atoms with Crippen LogP contribution < -0.4 is 10.6 Å². The molecule has 0 aromatic heterocycles. The molecule has 146 valence electrons. The predicted octanol–water partition coefficient (Wildman–Crippen LogP) is 3.77. The van der Waals surface area contributed by atoms with E-state index in [2.05, 4.69) is 32.7 Å². The minimum atomic E-state index is 0.177. The SMILES string of the molecule is CN=C(NCc1cccc(NC(=O)C2CCCC2)c1)N1CCC2(CCC2)C1. The summed E-state index contributed by atoms with van der Waals surface area (Å²) in [7, 11) is 1.87. The first kappa shape index (κ1) is 18.3. The monoisotopic (exact) mass is 368 g/mol. The fourth-order valence-corrected chi connectivity index (χ4v) is 4.91. The Bertz CT molecular complexity index is 704. The number of rotatable bonds is 4. The quantitative estimate of drug-likeness (QED) is 0.628. The Labute approximate surface area is 162 Å². The average Bonchev–Trinajstić information content (AvgIpc) is 3.33. The van der Waals surface area contributed by atoms with Gasteiger partial charge in [-0.05, 0) is 55.2 Å². The van der Waals surface area contributed by atoms with E-state index in [9.17, 15) is 4.79 Å². The van der Waals surface area contributed by atoms with Crippen molar-refractivity contribution in [2.24, 2.45) is 16.3 Å². The van der Waals surface area contributed by atoms with Gasteiger partial charge in [0.2, 0.25) is 5.91 Å². The van der Waals surface area contributed by atoms with Crippen LogP contribution in [-0.4, -0.2) is 36.9 Å². The number of likely N-dealkylation sites (tertiary alicyclic amines) is 1. The molecular formula is C22H32N4O. The maximum atomic E-state index is 12.4. The van der Waals surface area contributed by atoms with Crippen molar-refractivity contribution in [1.29, 1.82) is 0 Å². The van der Waals surface area contributed by atoms with Crippen LogP contribution in [0.5, 0.6) is 0 Å². The summed E-state index contributed by atoms with van der Waals surface area (Å²) in [5, 5.41) is 6.61. The van der Waals surface area contributed by atoms with Crippen LogP contribution in [0.1, 0.15) is 56.9 Å². The van der Waals surface area contributed by atoms with Crippen molar-refractivity contribution in [3.05, 3.63) is 29.8 Å². The maximum Gasteiger partial charge on any atom is 0.227 e. The first-order chi connectivity index (χ1) is 13.2. The summed E-state index contributed by atoms with van der Waals surface area (Å²) in [5.41, 5.74) is 2.64. The van der Waals surface area contributed by atoms with E-state index in [4.69, 9.17) is 0 Å². The molecule has 0 radical (unpaired) electrons. The number of hydrogen-bond donors (Lipinski definition) is 2. The van der Waals surface area contributed by atoms with E-state index in [0.717, 1.165) is 49.7 Å². The summed E-state index contributed by atoms with van der Waals surface area (Å²) in [6.45, 7) is 2.98. The Kier molecular flexibility index (Phi) is 5.37. The predicted molar refractivity (Wildman–Crippen MR) is 110 cm³/mol. The molecule has 5 nitrogen and oxygen atoms in total. The number of nitrogens with one attached hydrogen (secondary N) is 2. The number of guanidine groups is 1. The maximum absolute atomic E-state index is 12.4. The molecule has 27 heavy (non-hydrogen) atoms. The summed E-state index contributed by atoms with van der Waals surface area (Å²) >= 11 is 0. The third-order valence-corrected chi connectivity index (χ3v) is 6.73. The van der Waals surface area contributed by atoms with E-state index < -0.39 is 0 Å². The lowest BCUT2D eigenvalue weighted by Gasteiger charge is -2.38. The molecule has 2 saturated carbocycles. The zero-order valence-electron chi connectivity index (χ0n) is 16.5. The summed E-state index contributed by atoms with van der Waals surface area (Å²) in [6, 6.07) is 8.17. The number of amides is 1. The number of carbonyl (C=O) groups excluding carboxylic acids is 1. The van der Waals surface area contributed by atoms with Gasteiger partial charge in [0.1, 0.15) is 0 Å². The molecule has 1 aromatic carbocycles. The lowest BCUT2D eigenvalue weighted by atomic mass is 9.68. The van der Waals surface area contributed by atoms with Gasteiger partial charge in [-0.25, -0.2) is 0 Å².